The zero-order valence-electron chi connectivity index (χ0n) is 14.0. The number of rotatable bonds is 3. The van der Waals surface area contributed by atoms with Gasteiger partial charge in [0.25, 0.3) is 0 Å². The fourth-order valence-electron chi connectivity index (χ4n) is 4.39. The summed E-state index contributed by atoms with van der Waals surface area (Å²) in [6.07, 6.45) is 8.91. The third-order valence-corrected chi connectivity index (χ3v) is 5.54. The third kappa shape index (κ3) is 1.98. The van der Waals surface area contributed by atoms with E-state index in [1.165, 1.54) is 16.7 Å². The van der Waals surface area contributed by atoms with E-state index in [2.05, 4.69) is 35.3 Å². The average Bonchev–Trinajstić information content (AvgIpc) is 2.99. The fraction of sp³-hybridized carbons (Fsp3) is 0.474. The first-order chi connectivity index (χ1) is 11.2. The minimum Gasteiger partial charge on any atom is -0.493 e. The van der Waals surface area contributed by atoms with Crippen molar-refractivity contribution in [3.8, 4) is 11.5 Å². The molecule has 1 aliphatic carbocycles. The Hall–Kier alpha value is -1.78. The lowest BCUT2D eigenvalue weighted by molar-refractivity contribution is 0.0513. The summed E-state index contributed by atoms with van der Waals surface area (Å²) >= 11 is 0. The van der Waals surface area contributed by atoms with E-state index in [9.17, 15) is 0 Å². The van der Waals surface area contributed by atoms with Crippen molar-refractivity contribution < 1.29 is 14.2 Å². The van der Waals surface area contributed by atoms with Gasteiger partial charge in [-0.05, 0) is 35.3 Å². The molecule has 1 unspecified atom stereocenters. The minimum atomic E-state index is -0.0808. The molecule has 0 saturated heterocycles. The molecule has 0 saturated carbocycles. The predicted molar refractivity (Wildman–Crippen MR) is 89.1 cm³/mol. The largest absolute Gasteiger partial charge is 0.493 e. The molecule has 2 atom stereocenters. The van der Waals surface area contributed by atoms with Gasteiger partial charge in [-0.3, -0.25) is 4.90 Å². The molecule has 0 radical (unpaired) electrons. The number of hydrogen-bond acceptors (Lipinski definition) is 4. The molecule has 2 aliphatic heterocycles. The van der Waals surface area contributed by atoms with Crippen LogP contribution in [0.4, 0.5) is 0 Å². The lowest BCUT2D eigenvalue weighted by Crippen LogP contribution is -2.51. The van der Waals surface area contributed by atoms with Gasteiger partial charge in [0.2, 0.25) is 0 Å². The summed E-state index contributed by atoms with van der Waals surface area (Å²) in [7, 11) is 5.19. The second-order valence-corrected chi connectivity index (χ2v) is 6.42. The van der Waals surface area contributed by atoms with Crippen molar-refractivity contribution >= 4 is 0 Å². The van der Waals surface area contributed by atoms with Gasteiger partial charge in [-0.2, -0.15) is 0 Å². The second-order valence-electron chi connectivity index (χ2n) is 6.42. The normalized spacial score (nSPS) is 28.7. The zero-order valence-corrected chi connectivity index (χ0v) is 14.0. The fourth-order valence-corrected chi connectivity index (χ4v) is 4.39. The number of ether oxygens (including phenoxy) is 3. The van der Waals surface area contributed by atoms with Crippen LogP contribution in [0, 0.1) is 0 Å². The van der Waals surface area contributed by atoms with Crippen LogP contribution in [0.5, 0.6) is 11.5 Å². The molecule has 3 aliphatic rings. The van der Waals surface area contributed by atoms with E-state index in [1.807, 2.05) is 0 Å². The van der Waals surface area contributed by atoms with Crippen LogP contribution in [0.2, 0.25) is 0 Å². The zero-order chi connectivity index (χ0) is 16.0. The van der Waals surface area contributed by atoms with Crippen molar-refractivity contribution in [3.63, 3.8) is 0 Å². The number of fused-ring (bicyclic) bond motifs is 1. The van der Waals surface area contributed by atoms with Crippen molar-refractivity contribution in [1.82, 2.24) is 4.90 Å². The molecule has 23 heavy (non-hydrogen) atoms. The van der Waals surface area contributed by atoms with Gasteiger partial charge in [0, 0.05) is 26.6 Å². The SMILES string of the molecule is COc1cc2c(cc1OC)C13C[C@@H](OC)C=CC1=CCN3CC2. The van der Waals surface area contributed by atoms with Crippen LogP contribution >= 0.6 is 0 Å². The highest BCUT2D eigenvalue weighted by atomic mass is 16.5. The predicted octanol–water partition coefficient (Wildman–Crippen LogP) is 2.67. The maximum atomic E-state index is 5.66. The molecule has 4 rings (SSSR count). The Kier molecular flexibility index (Phi) is 3.47. The smallest absolute Gasteiger partial charge is 0.161 e. The van der Waals surface area contributed by atoms with Crippen molar-refractivity contribution in [2.75, 3.05) is 34.4 Å². The maximum absolute atomic E-state index is 5.66. The molecule has 1 spiro atoms. The molecular weight excluding hydrogens is 290 g/mol. The lowest BCUT2D eigenvalue weighted by atomic mass is 9.71. The minimum absolute atomic E-state index is 0.0808. The van der Waals surface area contributed by atoms with Crippen LogP contribution in [0.3, 0.4) is 0 Å². The molecule has 4 heteroatoms. The van der Waals surface area contributed by atoms with Gasteiger partial charge in [-0.25, -0.2) is 0 Å². The Morgan fingerprint density at radius 3 is 2.65 bits per heavy atom. The molecule has 4 nitrogen and oxygen atoms in total. The molecule has 1 aromatic rings. The summed E-state index contributed by atoms with van der Waals surface area (Å²) in [6, 6.07) is 4.32. The van der Waals surface area contributed by atoms with Crippen LogP contribution in [-0.4, -0.2) is 45.4 Å². The molecule has 1 aromatic carbocycles. The molecule has 2 heterocycles. The quantitative estimate of drug-likeness (QED) is 0.858. The van der Waals surface area contributed by atoms with E-state index in [0.717, 1.165) is 37.4 Å². The first kappa shape index (κ1) is 14.8. The van der Waals surface area contributed by atoms with Crippen LogP contribution in [0.15, 0.2) is 35.9 Å². The summed E-state index contributed by atoms with van der Waals surface area (Å²) in [5, 5.41) is 0. The summed E-state index contributed by atoms with van der Waals surface area (Å²) < 4.78 is 16.7. The molecule has 0 aromatic heterocycles. The highest BCUT2D eigenvalue weighted by molar-refractivity contribution is 5.57. The van der Waals surface area contributed by atoms with E-state index in [1.54, 1.807) is 21.3 Å². The van der Waals surface area contributed by atoms with Crippen molar-refractivity contribution in [2.45, 2.75) is 24.5 Å². The average molecular weight is 313 g/mol. The molecule has 122 valence electrons. The van der Waals surface area contributed by atoms with Gasteiger partial charge in [0.15, 0.2) is 11.5 Å². The lowest BCUT2D eigenvalue weighted by Gasteiger charge is -2.48. The third-order valence-electron chi connectivity index (χ3n) is 5.54. The van der Waals surface area contributed by atoms with Crippen LogP contribution < -0.4 is 9.47 Å². The summed E-state index contributed by atoms with van der Waals surface area (Å²) in [5.41, 5.74) is 4.01. The van der Waals surface area contributed by atoms with Crippen LogP contribution in [0.1, 0.15) is 17.5 Å². The van der Waals surface area contributed by atoms with Gasteiger partial charge in [0.05, 0.1) is 25.9 Å². The van der Waals surface area contributed by atoms with Crippen LogP contribution in [-0.2, 0) is 16.7 Å². The molecular formula is C19H23NO3. The van der Waals surface area contributed by atoms with E-state index in [4.69, 9.17) is 14.2 Å². The van der Waals surface area contributed by atoms with Gasteiger partial charge in [0.1, 0.15) is 0 Å². The second kappa shape index (κ2) is 5.39. The highest BCUT2D eigenvalue weighted by Gasteiger charge is 2.50. The van der Waals surface area contributed by atoms with Gasteiger partial charge < -0.3 is 14.2 Å². The summed E-state index contributed by atoms with van der Waals surface area (Å²) in [6.45, 7) is 2.07. The Labute approximate surface area is 137 Å². The van der Waals surface area contributed by atoms with Gasteiger partial charge in [-0.1, -0.05) is 18.2 Å². The Morgan fingerprint density at radius 2 is 1.91 bits per heavy atom. The number of hydrogen-bond donors (Lipinski definition) is 0. The monoisotopic (exact) mass is 313 g/mol. The Balaban J connectivity index is 1.91. The Morgan fingerprint density at radius 1 is 1.13 bits per heavy atom. The van der Waals surface area contributed by atoms with Crippen molar-refractivity contribution in [2.24, 2.45) is 0 Å². The maximum Gasteiger partial charge on any atom is 0.161 e. The number of methoxy groups -OCH3 is 3. The summed E-state index contributed by atoms with van der Waals surface area (Å²) in [5.74, 6) is 1.62. The first-order valence-electron chi connectivity index (χ1n) is 8.15. The van der Waals surface area contributed by atoms with E-state index in [-0.39, 0.29) is 11.6 Å². The topological polar surface area (TPSA) is 30.9 Å². The molecule has 0 N–H and O–H groups in total. The number of nitrogens with zero attached hydrogens (tertiary/aromatic N) is 1. The molecule has 0 fully saturated rings. The van der Waals surface area contributed by atoms with E-state index < -0.39 is 0 Å². The van der Waals surface area contributed by atoms with E-state index in [0.29, 0.717) is 0 Å². The molecule has 0 bridgehead atoms. The number of benzene rings is 1. The van der Waals surface area contributed by atoms with Gasteiger partial charge >= 0.3 is 0 Å². The Bertz CT molecular complexity index is 694. The summed E-state index contributed by atoms with van der Waals surface area (Å²) in [4.78, 5) is 2.58. The van der Waals surface area contributed by atoms with Gasteiger partial charge in [-0.15, -0.1) is 0 Å². The first-order valence-corrected chi connectivity index (χ1v) is 8.15. The van der Waals surface area contributed by atoms with Crippen molar-refractivity contribution in [3.05, 3.63) is 47.1 Å². The standard InChI is InChI=1S/C19H23NO3/c1-21-15-5-4-14-7-9-20-8-6-13-10-17(22-2)18(23-3)11-16(13)19(14,20)12-15/h4-5,7,10-11,15H,6,8-9,12H2,1-3H3/t15-,19?/m0/s1. The molecule has 0 amide bonds. The highest BCUT2D eigenvalue weighted by Crippen LogP contribution is 2.52. The van der Waals surface area contributed by atoms with Crippen molar-refractivity contribution in [1.29, 1.82) is 0 Å². The van der Waals surface area contributed by atoms with E-state index >= 15 is 0 Å². The van der Waals surface area contributed by atoms with Crippen LogP contribution in [0.25, 0.3) is 0 Å².